The van der Waals surface area contributed by atoms with E-state index in [1.807, 2.05) is 12.3 Å². The van der Waals surface area contributed by atoms with Gasteiger partial charge in [-0.2, -0.15) is 0 Å². The summed E-state index contributed by atoms with van der Waals surface area (Å²) in [5, 5.41) is 0. The molecule has 2 heterocycles. The number of benzene rings is 1. The van der Waals surface area contributed by atoms with Crippen LogP contribution in [0.15, 0.2) is 54.7 Å². The molecule has 0 bridgehead atoms. The summed E-state index contributed by atoms with van der Waals surface area (Å²) in [7, 11) is 2.26. The number of pyridine rings is 1. The first-order valence-corrected chi connectivity index (χ1v) is 8.18. The number of piperidine rings is 1. The van der Waals surface area contributed by atoms with Crippen molar-refractivity contribution in [2.24, 2.45) is 0 Å². The Morgan fingerprint density at radius 2 is 1.77 bits per heavy atom. The molecule has 0 saturated carbocycles. The lowest BCUT2D eigenvalue weighted by atomic mass is 10.0. The number of hydrogen-bond donors (Lipinski definition) is 0. The molecular formula is C19H25N3. The SMILES string of the molecule is CN(Cc1ccccc1)C1CCN(Cc2ccccn2)CC1. The lowest BCUT2D eigenvalue weighted by Crippen LogP contribution is -2.42. The Bertz CT molecular complexity index is 547. The van der Waals surface area contributed by atoms with Crippen molar-refractivity contribution in [2.75, 3.05) is 20.1 Å². The van der Waals surface area contributed by atoms with E-state index in [2.05, 4.69) is 64.3 Å². The predicted molar refractivity (Wildman–Crippen MR) is 90.4 cm³/mol. The smallest absolute Gasteiger partial charge is 0.0543 e. The van der Waals surface area contributed by atoms with Crippen LogP contribution in [0.3, 0.4) is 0 Å². The van der Waals surface area contributed by atoms with E-state index in [0.717, 1.165) is 13.1 Å². The maximum atomic E-state index is 4.43. The number of likely N-dealkylation sites (tertiary alicyclic amines) is 1. The Kier molecular flexibility index (Phi) is 5.20. The molecular weight excluding hydrogens is 270 g/mol. The van der Waals surface area contributed by atoms with Gasteiger partial charge in [-0.1, -0.05) is 36.4 Å². The fourth-order valence-electron chi connectivity index (χ4n) is 3.24. The molecule has 3 nitrogen and oxygen atoms in total. The van der Waals surface area contributed by atoms with Crippen molar-refractivity contribution in [2.45, 2.75) is 32.0 Å². The molecule has 0 spiro atoms. The maximum Gasteiger partial charge on any atom is 0.0543 e. The van der Waals surface area contributed by atoms with Gasteiger partial charge in [0.05, 0.1) is 5.69 Å². The van der Waals surface area contributed by atoms with Gasteiger partial charge in [-0.25, -0.2) is 0 Å². The first-order valence-electron chi connectivity index (χ1n) is 8.18. The molecule has 22 heavy (non-hydrogen) atoms. The van der Waals surface area contributed by atoms with Crippen LogP contribution in [0.1, 0.15) is 24.1 Å². The molecule has 0 unspecified atom stereocenters. The molecule has 0 N–H and O–H groups in total. The van der Waals surface area contributed by atoms with Gasteiger partial charge in [-0.05, 0) is 37.6 Å². The lowest BCUT2D eigenvalue weighted by Gasteiger charge is -2.36. The Morgan fingerprint density at radius 3 is 2.45 bits per heavy atom. The van der Waals surface area contributed by atoms with Gasteiger partial charge in [0.2, 0.25) is 0 Å². The first kappa shape index (κ1) is 15.2. The van der Waals surface area contributed by atoms with Gasteiger partial charge in [0.25, 0.3) is 0 Å². The molecule has 1 aliphatic rings. The van der Waals surface area contributed by atoms with Crippen LogP contribution in [0.2, 0.25) is 0 Å². The molecule has 1 saturated heterocycles. The molecule has 0 aliphatic carbocycles. The second-order valence-corrected chi connectivity index (χ2v) is 6.23. The van der Waals surface area contributed by atoms with Crippen LogP contribution in [-0.4, -0.2) is 41.0 Å². The zero-order valence-corrected chi connectivity index (χ0v) is 13.4. The maximum absolute atomic E-state index is 4.43. The van der Waals surface area contributed by atoms with Crippen LogP contribution < -0.4 is 0 Å². The van der Waals surface area contributed by atoms with Gasteiger partial charge in [-0.3, -0.25) is 14.8 Å². The fourth-order valence-corrected chi connectivity index (χ4v) is 3.24. The quantitative estimate of drug-likeness (QED) is 0.844. The fraction of sp³-hybridized carbons (Fsp3) is 0.421. The van der Waals surface area contributed by atoms with Gasteiger partial charge in [0, 0.05) is 38.4 Å². The molecule has 2 aromatic rings. The number of aromatic nitrogens is 1. The van der Waals surface area contributed by atoms with Crippen LogP contribution in [0.5, 0.6) is 0 Å². The van der Waals surface area contributed by atoms with Gasteiger partial charge in [0.1, 0.15) is 0 Å². The Labute approximate surface area is 133 Å². The van der Waals surface area contributed by atoms with E-state index in [-0.39, 0.29) is 0 Å². The van der Waals surface area contributed by atoms with Crippen LogP contribution in [0.4, 0.5) is 0 Å². The second kappa shape index (κ2) is 7.52. The summed E-state index contributed by atoms with van der Waals surface area (Å²) in [6.07, 6.45) is 4.38. The summed E-state index contributed by atoms with van der Waals surface area (Å²) in [6.45, 7) is 4.36. The van der Waals surface area contributed by atoms with Gasteiger partial charge in [0.15, 0.2) is 0 Å². The molecule has 1 aromatic heterocycles. The first-order chi connectivity index (χ1) is 10.8. The standard InChI is InChI=1S/C19H25N3/c1-21(15-17-7-3-2-4-8-17)19-10-13-22(14-11-19)16-18-9-5-6-12-20-18/h2-9,12,19H,10-11,13-16H2,1H3. The van der Waals surface area contributed by atoms with Crippen LogP contribution >= 0.6 is 0 Å². The number of rotatable bonds is 5. The molecule has 3 rings (SSSR count). The summed E-state index contributed by atoms with van der Waals surface area (Å²) in [5.41, 5.74) is 2.58. The highest BCUT2D eigenvalue weighted by Crippen LogP contribution is 2.18. The monoisotopic (exact) mass is 295 g/mol. The largest absolute Gasteiger partial charge is 0.299 e. The lowest BCUT2D eigenvalue weighted by molar-refractivity contribution is 0.118. The predicted octanol–water partition coefficient (Wildman–Crippen LogP) is 3.18. The molecule has 1 fully saturated rings. The van der Waals surface area contributed by atoms with Crippen molar-refractivity contribution in [1.29, 1.82) is 0 Å². The van der Waals surface area contributed by atoms with Gasteiger partial charge < -0.3 is 0 Å². The minimum absolute atomic E-state index is 0.695. The summed E-state index contributed by atoms with van der Waals surface area (Å²) >= 11 is 0. The minimum Gasteiger partial charge on any atom is -0.299 e. The third-order valence-corrected chi connectivity index (χ3v) is 4.57. The zero-order valence-electron chi connectivity index (χ0n) is 13.4. The van der Waals surface area contributed by atoms with E-state index in [4.69, 9.17) is 0 Å². The van der Waals surface area contributed by atoms with Crippen molar-refractivity contribution in [3.63, 3.8) is 0 Å². The third kappa shape index (κ3) is 4.15. The summed E-state index contributed by atoms with van der Waals surface area (Å²) in [6, 6.07) is 17.6. The summed E-state index contributed by atoms with van der Waals surface area (Å²) < 4.78 is 0. The van der Waals surface area contributed by atoms with E-state index in [0.29, 0.717) is 6.04 Å². The highest BCUT2D eigenvalue weighted by atomic mass is 15.2. The van der Waals surface area contributed by atoms with Crippen molar-refractivity contribution in [1.82, 2.24) is 14.8 Å². The van der Waals surface area contributed by atoms with Crippen molar-refractivity contribution < 1.29 is 0 Å². The molecule has 1 aliphatic heterocycles. The topological polar surface area (TPSA) is 19.4 Å². The van der Waals surface area contributed by atoms with Gasteiger partial charge in [-0.15, -0.1) is 0 Å². The summed E-state index contributed by atoms with van der Waals surface area (Å²) in [5.74, 6) is 0. The molecule has 116 valence electrons. The molecule has 0 amide bonds. The van der Waals surface area contributed by atoms with Crippen molar-refractivity contribution in [3.8, 4) is 0 Å². The number of hydrogen-bond acceptors (Lipinski definition) is 3. The Balaban J connectivity index is 1.47. The van der Waals surface area contributed by atoms with E-state index in [9.17, 15) is 0 Å². The molecule has 0 atom stereocenters. The third-order valence-electron chi connectivity index (χ3n) is 4.57. The Hall–Kier alpha value is -1.71. The molecule has 3 heteroatoms. The average molecular weight is 295 g/mol. The van der Waals surface area contributed by atoms with E-state index in [1.54, 1.807) is 0 Å². The second-order valence-electron chi connectivity index (χ2n) is 6.23. The van der Waals surface area contributed by atoms with Crippen LogP contribution in [0.25, 0.3) is 0 Å². The van der Waals surface area contributed by atoms with E-state index >= 15 is 0 Å². The van der Waals surface area contributed by atoms with E-state index in [1.165, 1.54) is 37.2 Å². The number of nitrogens with zero attached hydrogens (tertiary/aromatic N) is 3. The van der Waals surface area contributed by atoms with Gasteiger partial charge >= 0.3 is 0 Å². The minimum atomic E-state index is 0.695. The normalized spacial score (nSPS) is 17.0. The average Bonchev–Trinajstić information content (AvgIpc) is 2.57. The summed E-state index contributed by atoms with van der Waals surface area (Å²) in [4.78, 5) is 9.46. The highest BCUT2D eigenvalue weighted by molar-refractivity contribution is 5.14. The van der Waals surface area contributed by atoms with E-state index < -0.39 is 0 Å². The highest BCUT2D eigenvalue weighted by Gasteiger charge is 2.22. The van der Waals surface area contributed by atoms with Crippen molar-refractivity contribution >= 4 is 0 Å². The van der Waals surface area contributed by atoms with Crippen molar-refractivity contribution in [3.05, 3.63) is 66.0 Å². The Morgan fingerprint density at radius 1 is 1.05 bits per heavy atom. The molecule has 0 radical (unpaired) electrons. The molecule has 1 aromatic carbocycles. The van der Waals surface area contributed by atoms with Crippen LogP contribution in [-0.2, 0) is 13.1 Å². The van der Waals surface area contributed by atoms with Crippen LogP contribution in [0, 0.1) is 0 Å². The zero-order chi connectivity index (χ0) is 15.2.